The van der Waals surface area contributed by atoms with Crippen LogP contribution in [-0.4, -0.2) is 43.0 Å². The Morgan fingerprint density at radius 3 is 2.38 bits per heavy atom. The SMILES string of the molecule is CC(C)(c1nc(-c2ccccc2)c(C(=O)OC2CCC(O)CC2)s1)c1c(Cl)cc(-n2ncc(=O)[nH]c2=O)cc1Cl. The zero-order valence-corrected chi connectivity index (χ0v) is 24.0. The van der Waals surface area contributed by atoms with Gasteiger partial charge in [-0.3, -0.25) is 9.78 Å². The summed E-state index contributed by atoms with van der Waals surface area (Å²) in [6, 6.07) is 12.5. The normalized spacial score (nSPS) is 17.5. The number of carbonyl (C=O) groups excluding carboxylic acids is 1. The number of aromatic amines is 1. The number of hydrogen-bond acceptors (Lipinski definition) is 8. The molecule has 0 bridgehead atoms. The number of hydrogen-bond donors (Lipinski definition) is 2. The number of H-pyrrole nitrogens is 1. The number of ether oxygens (including phenoxy) is 1. The van der Waals surface area contributed by atoms with Gasteiger partial charge in [-0.05, 0) is 51.7 Å². The standard InChI is InChI=1S/C28H26Cl2N4O5S/c1-28(2,22-19(29)12-16(13-20(22)30)34-27(38)32-21(36)14-31-34)26-33-23(15-6-4-3-5-7-15)24(40-26)25(37)39-18-10-8-17(35)9-11-18/h3-7,12-14,17-18,35H,8-11H2,1-2H3,(H,32,36,38). The molecule has 2 aromatic carbocycles. The first kappa shape index (κ1) is 28.2. The van der Waals surface area contributed by atoms with Crippen LogP contribution in [0.1, 0.15) is 59.8 Å². The first-order valence-electron chi connectivity index (χ1n) is 12.7. The van der Waals surface area contributed by atoms with Crippen molar-refractivity contribution in [1.82, 2.24) is 19.7 Å². The molecule has 0 atom stereocenters. The largest absolute Gasteiger partial charge is 0.458 e. The molecule has 0 spiro atoms. The lowest BCUT2D eigenvalue weighted by molar-refractivity contribution is 0.00510. The van der Waals surface area contributed by atoms with Crippen molar-refractivity contribution < 1.29 is 14.6 Å². The number of nitrogens with zero attached hydrogens (tertiary/aromatic N) is 3. The Balaban J connectivity index is 1.55. The molecule has 2 aromatic heterocycles. The van der Waals surface area contributed by atoms with Crippen molar-refractivity contribution in [2.45, 2.75) is 57.2 Å². The molecule has 0 unspecified atom stereocenters. The van der Waals surface area contributed by atoms with Gasteiger partial charge in [0.05, 0.1) is 17.5 Å². The number of carbonyl (C=O) groups is 1. The second kappa shape index (κ2) is 11.3. The van der Waals surface area contributed by atoms with E-state index in [-0.39, 0.29) is 27.9 Å². The van der Waals surface area contributed by atoms with E-state index in [0.717, 1.165) is 16.4 Å². The second-order valence-corrected chi connectivity index (χ2v) is 12.0. The van der Waals surface area contributed by atoms with Gasteiger partial charge in [0.1, 0.15) is 22.2 Å². The average molecular weight is 602 g/mol. The van der Waals surface area contributed by atoms with E-state index in [1.54, 1.807) is 0 Å². The monoisotopic (exact) mass is 600 g/mol. The van der Waals surface area contributed by atoms with Crippen molar-refractivity contribution in [1.29, 1.82) is 0 Å². The van der Waals surface area contributed by atoms with Gasteiger partial charge in [0, 0.05) is 26.6 Å². The first-order chi connectivity index (χ1) is 19.0. The van der Waals surface area contributed by atoms with Crippen LogP contribution in [0.4, 0.5) is 0 Å². The maximum atomic E-state index is 13.4. The van der Waals surface area contributed by atoms with Crippen LogP contribution in [0.25, 0.3) is 16.9 Å². The Bertz CT molecular complexity index is 1650. The molecule has 4 aromatic rings. The van der Waals surface area contributed by atoms with Crippen LogP contribution in [0.5, 0.6) is 0 Å². The summed E-state index contributed by atoms with van der Waals surface area (Å²) in [5.41, 5.74) is -0.101. The topological polar surface area (TPSA) is 127 Å². The summed E-state index contributed by atoms with van der Waals surface area (Å²) in [5, 5.41) is 14.8. The highest BCUT2D eigenvalue weighted by molar-refractivity contribution is 7.14. The van der Waals surface area contributed by atoms with Crippen LogP contribution in [0.3, 0.4) is 0 Å². The number of nitrogens with one attached hydrogen (secondary N) is 1. The molecule has 1 fully saturated rings. The van der Waals surface area contributed by atoms with Gasteiger partial charge in [-0.15, -0.1) is 11.3 Å². The third kappa shape index (κ3) is 5.62. The van der Waals surface area contributed by atoms with Crippen molar-refractivity contribution in [2.75, 3.05) is 0 Å². The highest BCUT2D eigenvalue weighted by Gasteiger charge is 2.35. The molecular formula is C28H26Cl2N4O5S. The Hall–Kier alpha value is -3.31. The fourth-order valence-electron chi connectivity index (χ4n) is 4.81. The molecule has 1 aliphatic carbocycles. The van der Waals surface area contributed by atoms with E-state index in [1.165, 1.54) is 23.5 Å². The molecule has 0 radical (unpaired) electrons. The van der Waals surface area contributed by atoms with Crippen LogP contribution in [0.15, 0.2) is 58.3 Å². The third-order valence-corrected chi connectivity index (χ3v) is 8.88. The molecule has 0 aliphatic heterocycles. The fraction of sp³-hybridized carbons (Fsp3) is 0.321. The van der Waals surface area contributed by atoms with Crippen molar-refractivity contribution in [3.05, 3.63) is 95.0 Å². The number of aromatic nitrogens is 4. The molecule has 1 aliphatic rings. The fourth-order valence-corrected chi connectivity index (χ4v) is 6.84. The predicted octanol–water partition coefficient (Wildman–Crippen LogP) is 5.14. The van der Waals surface area contributed by atoms with Crippen molar-refractivity contribution in [3.8, 4) is 16.9 Å². The molecule has 1 saturated carbocycles. The molecule has 2 heterocycles. The number of benzene rings is 2. The average Bonchev–Trinajstić information content (AvgIpc) is 3.37. The first-order valence-corrected chi connectivity index (χ1v) is 14.3. The minimum atomic E-state index is -0.849. The van der Waals surface area contributed by atoms with E-state index in [9.17, 15) is 19.5 Å². The minimum absolute atomic E-state index is 0.258. The van der Waals surface area contributed by atoms with Gasteiger partial charge in [0.25, 0.3) is 5.56 Å². The summed E-state index contributed by atoms with van der Waals surface area (Å²) in [4.78, 5) is 44.5. The Labute approximate surface area is 243 Å². The quantitative estimate of drug-likeness (QED) is 0.293. The van der Waals surface area contributed by atoms with E-state index >= 15 is 0 Å². The Kier molecular flexibility index (Phi) is 7.96. The van der Waals surface area contributed by atoms with Crippen molar-refractivity contribution >= 4 is 40.5 Å². The van der Waals surface area contributed by atoms with Crippen molar-refractivity contribution in [3.63, 3.8) is 0 Å². The molecule has 40 heavy (non-hydrogen) atoms. The Morgan fingerprint density at radius 1 is 1.10 bits per heavy atom. The van der Waals surface area contributed by atoms with Crippen LogP contribution in [0, 0.1) is 0 Å². The number of esters is 1. The summed E-state index contributed by atoms with van der Waals surface area (Å²) in [5.74, 6) is -0.462. The molecule has 2 N–H and O–H groups in total. The molecule has 208 valence electrons. The molecule has 12 heteroatoms. The van der Waals surface area contributed by atoms with E-state index < -0.39 is 22.6 Å². The van der Waals surface area contributed by atoms with Crippen LogP contribution >= 0.6 is 34.5 Å². The maximum absolute atomic E-state index is 13.4. The number of aliphatic hydroxyl groups is 1. The number of aliphatic hydroxyl groups excluding tert-OH is 1. The van der Waals surface area contributed by atoms with Gasteiger partial charge < -0.3 is 9.84 Å². The zero-order valence-electron chi connectivity index (χ0n) is 21.7. The summed E-state index contributed by atoms with van der Waals surface area (Å²) < 4.78 is 6.85. The van der Waals surface area contributed by atoms with Gasteiger partial charge in [-0.2, -0.15) is 9.78 Å². The minimum Gasteiger partial charge on any atom is -0.458 e. The number of rotatable bonds is 6. The summed E-state index contributed by atoms with van der Waals surface area (Å²) in [7, 11) is 0. The summed E-state index contributed by atoms with van der Waals surface area (Å²) >= 11 is 14.7. The van der Waals surface area contributed by atoms with Crippen LogP contribution < -0.4 is 11.2 Å². The molecular weight excluding hydrogens is 575 g/mol. The van der Waals surface area contributed by atoms with Gasteiger partial charge in [0.15, 0.2) is 0 Å². The van der Waals surface area contributed by atoms with Crippen LogP contribution in [0.2, 0.25) is 10.0 Å². The molecule has 0 saturated heterocycles. The summed E-state index contributed by atoms with van der Waals surface area (Å²) in [6.45, 7) is 3.80. The van der Waals surface area contributed by atoms with E-state index in [0.29, 0.717) is 46.8 Å². The van der Waals surface area contributed by atoms with Gasteiger partial charge in [-0.1, -0.05) is 53.5 Å². The smallest absolute Gasteiger partial charge is 0.350 e. The second-order valence-electron chi connectivity index (χ2n) is 10.2. The van der Waals surface area contributed by atoms with E-state index in [1.807, 2.05) is 44.2 Å². The predicted molar refractivity (Wildman–Crippen MR) is 154 cm³/mol. The lowest BCUT2D eigenvalue weighted by atomic mass is 9.85. The lowest BCUT2D eigenvalue weighted by Gasteiger charge is -2.26. The summed E-state index contributed by atoms with van der Waals surface area (Å²) in [6.07, 6.45) is 2.77. The highest BCUT2D eigenvalue weighted by Crippen LogP contribution is 2.44. The molecule has 0 amide bonds. The Morgan fingerprint density at radius 2 is 1.75 bits per heavy atom. The number of thiazole rings is 1. The third-order valence-electron chi connectivity index (χ3n) is 6.92. The highest BCUT2D eigenvalue weighted by atomic mass is 35.5. The van der Waals surface area contributed by atoms with Crippen LogP contribution in [-0.2, 0) is 10.2 Å². The van der Waals surface area contributed by atoms with E-state index in [4.69, 9.17) is 32.9 Å². The molecule has 5 rings (SSSR count). The van der Waals surface area contributed by atoms with Crippen molar-refractivity contribution in [2.24, 2.45) is 0 Å². The zero-order chi connectivity index (χ0) is 28.6. The number of halogens is 2. The van der Waals surface area contributed by atoms with Gasteiger partial charge >= 0.3 is 11.7 Å². The van der Waals surface area contributed by atoms with Gasteiger partial charge in [-0.25, -0.2) is 14.6 Å². The lowest BCUT2D eigenvalue weighted by Crippen LogP contribution is -2.30. The van der Waals surface area contributed by atoms with E-state index in [2.05, 4.69) is 10.1 Å². The maximum Gasteiger partial charge on any atom is 0.350 e. The molecule has 9 nitrogen and oxygen atoms in total. The van der Waals surface area contributed by atoms with Gasteiger partial charge in [0.2, 0.25) is 0 Å².